The smallest absolute Gasteiger partial charge is 0.227 e. The summed E-state index contributed by atoms with van der Waals surface area (Å²) in [6.07, 6.45) is -0.324. The number of hydrogen-bond acceptors (Lipinski definition) is 4. The molecule has 0 spiro atoms. The Morgan fingerprint density at radius 1 is 1.03 bits per heavy atom. The van der Waals surface area contributed by atoms with Crippen LogP contribution < -0.4 is 9.64 Å². The van der Waals surface area contributed by atoms with Crippen molar-refractivity contribution < 1.29 is 14.6 Å². The van der Waals surface area contributed by atoms with Gasteiger partial charge in [0.1, 0.15) is 24.3 Å². The molecule has 0 aliphatic carbocycles. The largest absolute Gasteiger partial charge is 0.491 e. The van der Waals surface area contributed by atoms with E-state index < -0.39 is 6.10 Å². The van der Waals surface area contributed by atoms with E-state index in [2.05, 4.69) is 4.57 Å². The molecule has 5 rings (SSSR count). The number of aromatic nitrogens is 2. The summed E-state index contributed by atoms with van der Waals surface area (Å²) in [7, 11) is 0. The van der Waals surface area contributed by atoms with Crippen molar-refractivity contribution in [2.24, 2.45) is 0 Å². The highest BCUT2D eigenvalue weighted by Gasteiger charge is 2.35. The van der Waals surface area contributed by atoms with Crippen LogP contribution in [0.15, 0.2) is 72.8 Å². The van der Waals surface area contributed by atoms with Crippen LogP contribution in [0, 0.1) is 13.8 Å². The number of carbonyl (C=O) groups excluding carboxylic acids is 1. The van der Waals surface area contributed by atoms with E-state index in [9.17, 15) is 9.90 Å². The van der Waals surface area contributed by atoms with Crippen LogP contribution in [0.2, 0.25) is 0 Å². The molecule has 2 heterocycles. The number of aliphatic hydroxyl groups is 1. The Balaban J connectivity index is 1.38. The SMILES string of the molecule is Cc1ccc(N2C[C@H](c3nc4ccccc4n3C[C@H](O)COc3cccc(C)c3)CC2=O)cc1. The van der Waals surface area contributed by atoms with Crippen LogP contribution in [0.5, 0.6) is 5.75 Å². The van der Waals surface area contributed by atoms with Crippen molar-refractivity contribution >= 4 is 22.6 Å². The number of aliphatic hydroxyl groups excluding tert-OH is 1. The van der Waals surface area contributed by atoms with Gasteiger partial charge in [0.15, 0.2) is 0 Å². The predicted molar refractivity (Wildman–Crippen MR) is 133 cm³/mol. The fourth-order valence-corrected chi connectivity index (χ4v) is 4.61. The quantitative estimate of drug-likeness (QED) is 0.442. The summed E-state index contributed by atoms with van der Waals surface area (Å²) in [6, 6.07) is 23.7. The summed E-state index contributed by atoms with van der Waals surface area (Å²) in [5, 5.41) is 10.8. The Bertz CT molecular complexity index is 1310. The Kier molecular flexibility index (Phi) is 6.07. The number of amides is 1. The normalized spacial score (nSPS) is 16.9. The molecule has 1 amide bonds. The molecule has 2 atom stereocenters. The lowest BCUT2D eigenvalue weighted by Gasteiger charge is -2.19. The average molecular weight is 456 g/mol. The number of anilines is 1. The zero-order chi connectivity index (χ0) is 23.7. The van der Waals surface area contributed by atoms with Crippen LogP contribution in [0.25, 0.3) is 11.0 Å². The summed E-state index contributed by atoms with van der Waals surface area (Å²) in [6.45, 7) is 5.14. The fraction of sp³-hybridized carbons (Fsp3) is 0.286. The van der Waals surface area contributed by atoms with Gasteiger partial charge in [-0.15, -0.1) is 0 Å². The molecular formula is C28H29N3O3. The van der Waals surface area contributed by atoms with Gasteiger partial charge in [-0.05, 0) is 55.8 Å². The highest BCUT2D eigenvalue weighted by molar-refractivity contribution is 5.96. The van der Waals surface area contributed by atoms with Gasteiger partial charge in [-0.25, -0.2) is 4.98 Å². The van der Waals surface area contributed by atoms with Gasteiger partial charge in [0.25, 0.3) is 0 Å². The molecule has 6 heteroatoms. The molecule has 1 aliphatic rings. The van der Waals surface area contributed by atoms with Crippen LogP contribution in [-0.2, 0) is 11.3 Å². The van der Waals surface area contributed by atoms with Gasteiger partial charge in [-0.1, -0.05) is 42.0 Å². The number of para-hydroxylation sites is 2. The molecule has 1 aliphatic heterocycles. The summed E-state index contributed by atoms with van der Waals surface area (Å²) >= 11 is 0. The van der Waals surface area contributed by atoms with Gasteiger partial charge in [-0.3, -0.25) is 4.79 Å². The van der Waals surface area contributed by atoms with E-state index in [-0.39, 0.29) is 18.4 Å². The Hall–Kier alpha value is -3.64. The third-order valence-corrected chi connectivity index (χ3v) is 6.35. The first-order valence-electron chi connectivity index (χ1n) is 11.7. The number of aryl methyl sites for hydroxylation is 2. The summed E-state index contributed by atoms with van der Waals surface area (Å²) in [4.78, 5) is 19.6. The van der Waals surface area contributed by atoms with E-state index in [1.807, 2.05) is 91.5 Å². The third kappa shape index (κ3) is 4.54. The molecule has 1 fully saturated rings. The Labute approximate surface area is 199 Å². The van der Waals surface area contributed by atoms with Crippen molar-refractivity contribution in [1.82, 2.24) is 9.55 Å². The van der Waals surface area contributed by atoms with Gasteiger partial charge in [0, 0.05) is 24.6 Å². The maximum absolute atomic E-state index is 12.9. The molecule has 174 valence electrons. The number of nitrogens with zero attached hydrogens (tertiary/aromatic N) is 3. The van der Waals surface area contributed by atoms with Gasteiger partial charge >= 0.3 is 0 Å². The lowest BCUT2D eigenvalue weighted by molar-refractivity contribution is -0.117. The van der Waals surface area contributed by atoms with Crippen molar-refractivity contribution in [2.45, 2.75) is 38.8 Å². The predicted octanol–water partition coefficient (Wildman–Crippen LogP) is 4.61. The van der Waals surface area contributed by atoms with E-state index >= 15 is 0 Å². The minimum Gasteiger partial charge on any atom is -0.491 e. The van der Waals surface area contributed by atoms with Gasteiger partial charge in [0.2, 0.25) is 5.91 Å². The van der Waals surface area contributed by atoms with E-state index in [1.165, 1.54) is 0 Å². The average Bonchev–Trinajstić information content (AvgIpc) is 3.39. The van der Waals surface area contributed by atoms with Crippen molar-refractivity contribution in [1.29, 1.82) is 0 Å². The highest BCUT2D eigenvalue weighted by Crippen LogP contribution is 2.33. The standard InChI is InChI=1S/C28H29N3O3/c1-19-10-12-22(13-11-19)30-16-21(15-27(30)33)28-29-25-8-3-4-9-26(25)31(28)17-23(32)18-34-24-7-5-6-20(2)14-24/h3-14,21,23,32H,15-18H2,1-2H3/t21-,23+/m1/s1. The number of ether oxygens (including phenoxy) is 1. The first kappa shape index (κ1) is 22.2. The number of hydrogen-bond donors (Lipinski definition) is 1. The molecule has 0 radical (unpaired) electrons. The van der Waals surface area contributed by atoms with Gasteiger partial charge in [-0.2, -0.15) is 0 Å². The molecule has 0 unspecified atom stereocenters. The van der Waals surface area contributed by atoms with Crippen LogP contribution in [0.1, 0.15) is 29.3 Å². The molecule has 1 N–H and O–H groups in total. The molecule has 34 heavy (non-hydrogen) atoms. The topological polar surface area (TPSA) is 67.6 Å². The second-order valence-corrected chi connectivity index (χ2v) is 9.09. The maximum atomic E-state index is 12.9. The van der Waals surface area contributed by atoms with E-state index in [0.29, 0.717) is 19.5 Å². The summed E-state index contributed by atoms with van der Waals surface area (Å²) in [5.74, 6) is 1.62. The fourth-order valence-electron chi connectivity index (χ4n) is 4.61. The molecule has 0 saturated carbocycles. The number of benzene rings is 3. The van der Waals surface area contributed by atoms with Crippen LogP contribution in [0.4, 0.5) is 5.69 Å². The highest BCUT2D eigenvalue weighted by atomic mass is 16.5. The van der Waals surface area contributed by atoms with Crippen LogP contribution in [0.3, 0.4) is 0 Å². The molecule has 6 nitrogen and oxygen atoms in total. The van der Waals surface area contributed by atoms with Crippen LogP contribution >= 0.6 is 0 Å². The molecule has 4 aromatic rings. The summed E-state index contributed by atoms with van der Waals surface area (Å²) < 4.78 is 7.88. The lowest BCUT2D eigenvalue weighted by atomic mass is 10.1. The summed E-state index contributed by atoms with van der Waals surface area (Å²) in [5.41, 5.74) is 5.00. The second kappa shape index (κ2) is 9.31. The zero-order valence-electron chi connectivity index (χ0n) is 19.5. The lowest BCUT2D eigenvalue weighted by Crippen LogP contribution is -2.26. The third-order valence-electron chi connectivity index (χ3n) is 6.35. The van der Waals surface area contributed by atoms with E-state index in [0.717, 1.165) is 39.4 Å². The number of carbonyl (C=O) groups is 1. The monoisotopic (exact) mass is 455 g/mol. The van der Waals surface area contributed by atoms with Gasteiger partial charge in [0.05, 0.1) is 17.6 Å². The Morgan fingerprint density at radius 2 is 1.82 bits per heavy atom. The second-order valence-electron chi connectivity index (χ2n) is 9.09. The Morgan fingerprint density at radius 3 is 2.62 bits per heavy atom. The molecule has 1 aromatic heterocycles. The zero-order valence-corrected chi connectivity index (χ0v) is 19.5. The van der Waals surface area contributed by atoms with E-state index in [4.69, 9.17) is 9.72 Å². The number of imidazole rings is 1. The molecule has 3 aromatic carbocycles. The maximum Gasteiger partial charge on any atom is 0.227 e. The van der Waals surface area contributed by atoms with Crippen molar-refractivity contribution in [3.05, 3.63) is 89.7 Å². The van der Waals surface area contributed by atoms with Crippen molar-refractivity contribution in [2.75, 3.05) is 18.1 Å². The minimum atomic E-state index is -0.720. The van der Waals surface area contributed by atoms with E-state index in [1.54, 1.807) is 0 Å². The first-order chi connectivity index (χ1) is 16.5. The molecule has 1 saturated heterocycles. The molecular weight excluding hydrogens is 426 g/mol. The van der Waals surface area contributed by atoms with Crippen molar-refractivity contribution in [3.63, 3.8) is 0 Å². The minimum absolute atomic E-state index is 0.0499. The molecule has 0 bridgehead atoms. The van der Waals surface area contributed by atoms with Crippen LogP contribution in [-0.4, -0.2) is 39.8 Å². The number of fused-ring (bicyclic) bond motifs is 1. The first-order valence-corrected chi connectivity index (χ1v) is 11.7. The number of rotatable bonds is 7. The van der Waals surface area contributed by atoms with Gasteiger partial charge < -0.3 is 19.3 Å². The van der Waals surface area contributed by atoms with Crippen molar-refractivity contribution in [3.8, 4) is 5.75 Å².